The zero-order chi connectivity index (χ0) is 14.0. The van der Waals surface area contributed by atoms with Crippen molar-refractivity contribution in [2.24, 2.45) is 0 Å². The van der Waals surface area contributed by atoms with E-state index in [2.05, 4.69) is 17.2 Å². The topological polar surface area (TPSA) is 24.9 Å². The molecule has 2 rings (SSSR count). The van der Waals surface area contributed by atoms with Crippen LogP contribution in [0.5, 0.6) is 0 Å². The highest BCUT2D eigenvalue weighted by atomic mass is 35.5. The number of aryl methyl sites for hydroxylation is 2. The van der Waals surface area contributed by atoms with Gasteiger partial charge in [0.2, 0.25) is 0 Å². The number of benzene rings is 1. The predicted molar refractivity (Wildman–Crippen MR) is 83.3 cm³/mol. The Morgan fingerprint density at radius 1 is 1.32 bits per heavy atom. The number of nitrogens with one attached hydrogen (secondary N) is 1. The monoisotopic (exact) mass is 314 g/mol. The van der Waals surface area contributed by atoms with Crippen LogP contribution >= 0.6 is 34.5 Å². The van der Waals surface area contributed by atoms with Crippen molar-refractivity contribution in [1.29, 1.82) is 0 Å². The van der Waals surface area contributed by atoms with Crippen molar-refractivity contribution < 1.29 is 0 Å². The first-order chi connectivity index (χ1) is 8.97. The maximum Gasteiger partial charge on any atom is 0.0900 e. The summed E-state index contributed by atoms with van der Waals surface area (Å²) in [6, 6.07) is 5.78. The highest BCUT2D eigenvalue weighted by Crippen LogP contribution is 2.26. The molecule has 1 heterocycles. The quantitative estimate of drug-likeness (QED) is 0.866. The lowest BCUT2D eigenvalue weighted by Crippen LogP contribution is -2.18. The van der Waals surface area contributed by atoms with Gasteiger partial charge in [0.05, 0.1) is 10.7 Å². The van der Waals surface area contributed by atoms with Crippen molar-refractivity contribution in [2.45, 2.75) is 33.4 Å². The van der Waals surface area contributed by atoms with Crippen molar-refractivity contribution in [3.8, 4) is 0 Å². The van der Waals surface area contributed by atoms with Gasteiger partial charge < -0.3 is 5.32 Å². The molecule has 0 spiro atoms. The minimum absolute atomic E-state index is 0.173. The van der Waals surface area contributed by atoms with Crippen LogP contribution in [-0.2, 0) is 6.54 Å². The molecule has 0 radical (unpaired) electrons. The van der Waals surface area contributed by atoms with E-state index in [-0.39, 0.29) is 6.04 Å². The van der Waals surface area contributed by atoms with Crippen LogP contribution in [0.4, 0.5) is 0 Å². The number of thiazole rings is 1. The summed E-state index contributed by atoms with van der Waals surface area (Å²) >= 11 is 13.8. The highest BCUT2D eigenvalue weighted by Gasteiger charge is 2.11. The number of nitrogens with zero attached hydrogens (tertiary/aromatic N) is 1. The highest BCUT2D eigenvalue weighted by molar-refractivity contribution is 7.11. The van der Waals surface area contributed by atoms with Crippen molar-refractivity contribution in [3.05, 3.63) is 49.4 Å². The first-order valence-electron chi connectivity index (χ1n) is 6.08. The van der Waals surface area contributed by atoms with E-state index in [0.29, 0.717) is 10.0 Å². The van der Waals surface area contributed by atoms with Gasteiger partial charge in [-0.25, -0.2) is 4.98 Å². The van der Waals surface area contributed by atoms with E-state index in [9.17, 15) is 0 Å². The van der Waals surface area contributed by atoms with E-state index >= 15 is 0 Å². The molecule has 0 bridgehead atoms. The van der Waals surface area contributed by atoms with Crippen LogP contribution < -0.4 is 5.32 Å². The zero-order valence-corrected chi connectivity index (χ0v) is 13.5. The summed E-state index contributed by atoms with van der Waals surface area (Å²) in [6.45, 7) is 6.97. The Morgan fingerprint density at radius 3 is 2.63 bits per heavy atom. The van der Waals surface area contributed by atoms with E-state index in [4.69, 9.17) is 23.2 Å². The van der Waals surface area contributed by atoms with Crippen molar-refractivity contribution in [2.75, 3.05) is 0 Å². The first-order valence-corrected chi connectivity index (χ1v) is 7.66. The minimum atomic E-state index is 0.173. The SMILES string of the molecule is Cc1nc(C)c(CNC(C)c2ccc(Cl)cc2Cl)s1. The maximum absolute atomic E-state index is 6.21. The summed E-state index contributed by atoms with van der Waals surface area (Å²) in [4.78, 5) is 5.70. The van der Waals surface area contributed by atoms with Gasteiger partial charge in [-0.05, 0) is 38.5 Å². The molecule has 0 aliphatic heterocycles. The maximum atomic E-state index is 6.21. The molecule has 19 heavy (non-hydrogen) atoms. The van der Waals surface area contributed by atoms with Gasteiger partial charge in [0.25, 0.3) is 0 Å². The summed E-state index contributed by atoms with van der Waals surface area (Å²) in [6.07, 6.45) is 0. The molecule has 0 aliphatic rings. The van der Waals surface area contributed by atoms with Gasteiger partial charge in [-0.15, -0.1) is 11.3 Å². The molecular formula is C14H16Cl2N2S. The van der Waals surface area contributed by atoms with Crippen molar-refractivity contribution >= 4 is 34.5 Å². The molecule has 1 N–H and O–H groups in total. The summed E-state index contributed by atoms with van der Waals surface area (Å²) in [7, 11) is 0. The van der Waals surface area contributed by atoms with Crippen LogP contribution in [0.15, 0.2) is 18.2 Å². The van der Waals surface area contributed by atoms with Crippen LogP contribution in [0.3, 0.4) is 0 Å². The molecule has 5 heteroatoms. The van der Waals surface area contributed by atoms with Crippen LogP contribution in [0.1, 0.15) is 34.1 Å². The van der Waals surface area contributed by atoms with Crippen molar-refractivity contribution in [1.82, 2.24) is 10.3 Å². The van der Waals surface area contributed by atoms with Gasteiger partial charge in [0, 0.05) is 27.5 Å². The summed E-state index contributed by atoms with van der Waals surface area (Å²) in [5.41, 5.74) is 2.16. The molecular weight excluding hydrogens is 299 g/mol. The molecule has 102 valence electrons. The first kappa shape index (κ1) is 14.8. The molecule has 0 aliphatic carbocycles. The molecule has 0 saturated carbocycles. The Bertz CT molecular complexity index is 581. The van der Waals surface area contributed by atoms with E-state index in [0.717, 1.165) is 22.8 Å². The predicted octanol–water partition coefficient (Wildman–Crippen LogP) is 4.92. The Labute approximate surface area is 127 Å². The number of hydrogen-bond donors (Lipinski definition) is 1. The largest absolute Gasteiger partial charge is 0.305 e. The molecule has 2 aromatic rings. The van der Waals surface area contributed by atoms with Crippen LogP contribution in [-0.4, -0.2) is 4.98 Å². The zero-order valence-electron chi connectivity index (χ0n) is 11.1. The second-order valence-corrected chi connectivity index (χ2v) is 6.64. The number of aromatic nitrogens is 1. The Balaban J connectivity index is 2.05. The normalized spacial score (nSPS) is 12.7. The van der Waals surface area contributed by atoms with Gasteiger partial charge in [-0.1, -0.05) is 29.3 Å². The molecule has 2 nitrogen and oxygen atoms in total. The Morgan fingerprint density at radius 2 is 2.05 bits per heavy atom. The third-order valence-electron chi connectivity index (χ3n) is 3.00. The second-order valence-electron chi connectivity index (χ2n) is 4.51. The standard InChI is InChI=1S/C14H16Cl2N2S/c1-8(12-5-4-11(15)6-13(12)16)17-7-14-9(2)18-10(3)19-14/h4-6,8,17H,7H2,1-3H3. The van der Waals surface area contributed by atoms with E-state index in [1.165, 1.54) is 4.88 Å². The van der Waals surface area contributed by atoms with Gasteiger partial charge >= 0.3 is 0 Å². The summed E-state index contributed by atoms with van der Waals surface area (Å²) in [5.74, 6) is 0. The lowest BCUT2D eigenvalue weighted by Gasteiger charge is -2.15. The summed E-state index contributed by atoms with van der Waals surface area (Å²) < 4.78 is 0. The fourth-order valence-electron chi connectivity index (χ4n) is 1.95. The average Bonchev–Trinajstić information content (AvgIpc) is 2.65. The van der Waals surface area contributed by atoms with Gasteiger partial charge in [-0.2, -0.15) is 0 Å². The van der Waals surface area contributed by atoms with Crippen LogP contribution in [0.25, 0.3) is 0 Å². The smallest absolute Gasteiger partial charge is 0.0900 e. The van der Waals surface area contributed by atoms with E-state index < -0.39 is 0 Å². The number of hydrogen-bond acceptors (Lipinski definition) is 3. The fraction of sp³-hybridized carbons (Fsp3) is 0.357. The Kier molecular flexibility index (Phi) is 4.85. The molecule has 1 aromatic carbocycles. The third kappa shape index (κ3) is 3.69. The van der Waals surface area contributed by atoms with Crippen LogP contribution in [0, 0.1) is 13.8 Å². The molecule has 0 amide bonds. The fourth-order valence-corrected chi connectivity index (χ4v) is 3.41. The lowest BCUT2D eigenvalue weighted by molar-refractivity contribution is 0.577. The van der Waals surface area contributed by atoms with Gasteiger partial charge in [-0.3, -0.25) is 0 Å². The van der Waals surface area contributed by atoms with Gasteiger partial charge in [0.15, 0.2) is 0 Å². The van der Waals surface area contributed by atoms with Crippen LogP contribution in [0.2, 0.25) is 10.0 Å². The average molecular weight is 315 g/mol. The van der Waals surface area contributed by atoms with E-state index in [1.54, 1.807) is 17.4 Å². The number of rotatable bonds is 4. The third-order valence-corrected chi connectivity index (χ3v) is 4.63. The molecule has 0 fully saturated rings. The molecule has 1 aromatic heterocycles. The molecule has 0 saturated heterocycles. The molecule has 1 atom stereocenters. The number of halogens is 2. The second kappa shape index (κ2) is 6.23. The molecule has 1 unspecified atom stereocenters. The minimum Gasteiger partial charge on any atom is -0.305 e. The van der Waals surface area contributed by atoms with E-state index in [1.807, 2.05) is 26.0 Å². The lowest BCUT2D eigenvalue weighted by atomic mass is 10.1. The Hall–Kier alpha value is -0.610. The summed E-state index contributed by atoms with van der Waals surface area (Å²) in [5, 5.41) is 5.94. The van der Waals surface area contributed by atoms with Crippen molar-refractivity contribution in [3.63, 3.8) is 0 Å². The van der Waals surface area contributed by atoms with Gasteiger partial charge in [0.1, 0.15) is 0 Å².